The summed E-state index contributed by atoms with van der Waals surface area (Å²) in [7, 11) is 0. The Balaban J connectivity index is 1.94. The minimum absolute atomic E-state index is 0.417. The molecule has 3 rings (SSSR count). The second-order valence-electron chi connectivity index (χ2n) is 6.22. The number of rotatable bonds is 3. The molecular formula is C19H21NS3. The highest BCUT2D eigenvalue weighted by molar-refractivity contribution is 8.22. The first-order valence-corrected chi connectivity index (χ1v) is 9.93. The first-order chi connectivity index (χ1) is 11.0. The quantitative estimate of drug-likeness (QED) is 0.385. The Morgan fingerprint density at radius 2 is 1.61 bits per heavy atom. The van der Waals surface area contributed by atoms with E-state index in [1.807, 2.05) is 11.3 Å². The van der Waals surface area contributed by atoms with Gasteiger partial charge in [0.05, 0.1) is 0 Å². The van der Waals surface area contributed by atoms with Gasteiger partial charge in [-0.1, -0.05) is 42.2 Å². The fourth-order valence-corrected chi connectivity index (χ4v) is 5.78. The lowest BCUT2D eigenvalue weighted by Crippen LogP contribution is -2.39. The summed E-state index contributed by atoms with van der Waals surface area (Å²) in [5.74, 6) is 0. The van der Waals surface area contributed by atoms with Crippen LogP contribution in [-0.4, -0.2) is 21.3 Å². The van der Waals surface area contributed by atoms with Crippen molar-refractivity contribution in [2.45, 2.75) is 44.7 Å². The van der Waals surface area contributed by atoms with Crippen LogP contribution in [0.4, 0.5) is 0 Å². The van der Waals surface area contributed by atoms with Crippen molar-refractivity contribution in [3.63, 3.8) is 0 Å². The summed E-state index contributed by atoms with van der Waals surface area (Å²) in [4.78, 5) is 3.52. The molecule has 1 aromatic heterocycles. The molecule has 0 N–H and O–H groups in total. The van der Waals surface area contributed by atoms with Crippen molar-refractivity contribution < 1.29 is 0 Å². The van der Waals surface area contributed by atoms with Crippen molar-refractivity contribution in [2.75, 3.05) is 0 Å². The van der Waals surface area contributed by atoms with E-state index in [9.17, 15) is 0 Å². The van der Waals surface area contributed by atoms with Crippen LogP contribution in [0, 0.1) is 0 Å². The lowest BCUT2D eigenvalue weighted by Gasteiger charge is -2.32. The molecule has 0 bridgehead atoms. The van der Waals surface area contributed by atoms with Gasteiger partial charge in [0.25, 0.3) is 0 Å². The predicted octanol–water partition coefficient (Wildman–Crippen LogP) is 6.55. The van der Waals surface area contributed by atoms with Gasteiger partial charge in [0.2, 0.25) is 0 Å². The van der Waals surface area contributed by atoms with E-state index >= 15 is 0 Å². The maximum absolute atomic E-state index is 5.70. The van der Waals surface area contributed by atoms with Crippen LogP contribution in [-0.2, 0) is 0 Å². The molecule has 1 heterocycles. The molecule has 0 spiro atoms. The molecule has 0 aliphatic carbocycles. The molecule has 0 unspecified atom stereocenters. The second-order valence-corrected chi connectivity index (χ2v) is 9.01. The normalized spacial score (nSPS) is 11.7. The van der Waals surface area contributed by atoms with Gasteiger partial charge in [0, 0.05) is 37.2 Å². The van der Waals surface area contributed by atoms with Gasteiger partial charge in [-0.05, 0) is 52.0 Å². The number of hydrogen-bond donors (Lipinski definition) is 0. The number of thiocarbonyl (C=S) groups is 1. The van der Waals surface area contributed by atoms with Crippen molar-refractivity contribution in [2.24, 2.45) is 0 Å². The monoisotopic (exact) mass is 359 g/mol. The first kappa shape index (κ1) is 16.7. The molecule has 0 saturated heterocycles. The maximum atomic E-state index is 5.70. The number of fused-ring (bicyclic) bond motifs is 3. The van der Waals surface area contributed by atoms with E-state index in [4.69, 9.17) is 12.2 Å². The van der Waals surface area contributed by atoms with Crippen LogP contribution in [0.1, 0.15) is 27.7 Å². The van der Waals surface area contributed by atoms with E-state index in [0.29, 0.717) is 12.1 Å². The maximum Gasteiger partial charge on any atom is 0.141 e. The fraction of sp³-hybridized carbons (Fsp3) is 0.316. The Hall–Kier alpha value is -1.10. The van der Waals surface area contributed by atoms with Crippen molar-refractivity contribution in [3.05, 3.63) is 42.5 Å². The van der Waals surface area contributed by atoms with Gasteiger partial charge in [-0.25, -0.2) is 0 Å². The number of thiophene rings is 1. The minimum atomic E-state index is 0.417. The standard InChI is InChI=1S/C19H21NS3/c1-12(2)20(13(3)4)19(21)22-14-9-10-18-16(11-14)15-7-5-6-8-17(15)23-18/h5-13H,1-4H3. The van der Waals surface area contributed by atoms with Gasteiger partial charge in [0.1, 0.15) is 4.32 Å². The van der Waals surface area contributed by atoms with Crippen LogP contribution in [0.3, 0.4) is 0 Å². The average molecular weight is 360 g/mol. The van der Waals surface area contributed by atoms with Gasteiger partial charge in [-0.3, -0.25) is 0 Å². The fourth-order valence-electron chi connectivity index (χ4n) is 2.94. The van der Waals surface area contributed by atoms with E-state index in [0.717, 1.165) is 4.32 Å². The summed E-state index contributed by atoms with van der Waals surface area (Å²) in [6.45, 7) is 8.79. The number of nitrogens with zero attached hydrogens (tertiary/aromatic N) is 1. The van der Waals surface area contributed by atoms with Crippen molar-refractivity contribution in [1.82, 2.24) is 4.90 Å². The molecule has 4 heteroatoms. The third kappa shape index (κ3) is 3.39. The smallest absolute Gasteiger partial charge is 0.141 e. The SMILES string of the molecule is CC(C)N(C(=S)Sc1ccc2sc3ccccc3c2c1)C(C)C. The minimum Gasteiger partial charge on any atom is -0.352 e. The summed E-state index contributed by atoms with van der Waals surface area (Å²) in [5.41, 5.74) is 0. The van der Waals surface area contributed by atoms with Gasteiger partial charge in [-0.2, -0.15) is 0 Å². The van der Waals surface area contributed by atoms with Crippen molar-refractivity contribution >= 4 is 59.8 Å². The molecule has 1 nitrogen and oxygen atoms in total. The molecule has 0 aliphatic heterocycles. The summed E-state index contributed by atoms with van der Waals surface area (Å²) in [6, 6.07) is 16.1. The first-order valence-electron chi connectivity index (χ1n) is 7.89. The van der Waals surface area contributed by atoms with E-state index in [1.54, 1.807) is 11.8 Å². The molecular weight excluding hydrogens is 338 g/mol. The highest BCUT2D eigenvalue weighted by Gasteiger charge is 2.18. The zero-order valence-electron chi connectivity index (χ0n) is 13.9. The second kappa shape index (κ2) is 6.80. The predicted molar refractivity (Wildman–Crippen MR) is 110 cm³/mol. The molecule has 3 aromatic rings. The van der Waals surface area contributed by atoms with E-state index in [2.05, 4.69) is 75.1 Å². The Morgan fingerprint density at radius 3 is 2.30 bits per heavy atom. The highest BCUT2D eigenvalue weighted by atomic mass is 32.2. The van der Waals surface area contributed by atoms with Crippen LogP contribution in [0.25, 0.3) is 20.2 Å². The third-order valence-corrected chi connectivity index (χ3v) is 6.36. The number of benzene rings is 2. The van der Waals surface area contributed by atoms with Crippen molar-refractivity contribution in [3.8, 4) is 0 Å². The van der Waals surface area contributed by atoms with Crippen LogP contribution >= 0.6 is 35.3 Å². The van der Waals surface area contributed by atoms with Gasteiger partial charge >= 0.3 is 0 Å². The van der Waals surface area contributed by atoms with Crippen LogP contribution < -0.4 is 0 Å². The lowest BCUT2D eigenvalue weighted by atomic mass is 10.1. The molecule has 0 atom stereocenters. The molecule has 0 radical (unpaired) electrons. The molecule has 0 fully saturated rings. The molecule has 23 heavy (non-hydrogen) atoms. The van der Waals surface area contributed by atoms with Crippen LogP contribution in [0.15, 0.2) is 47.4 Å². The van der Waals surface area contributed by atoms with Gasteiger partial charge in [-0.15, -0.1) is 11.3 Å². The molecule has 0 saturated carbocycles. The highest BCUT2D eigenvalue weighted by Crippen LogP contribution is 2.36. The van der Waals surface area contributed by atoms with E-state index < -0.39 is 0 Å². The van der Waals surface area contributed by atoms with Gasteiger partial charge in [0.15, 0.2) is 0 Å². The number of thioether (sulfide) groups is 1. The summed E-state index contributed by atoms with van der Waals surface area (Å²) < 4.78 is 3.64. The summed E-state index contributed by atoms with van der Waals surface area (Å²) in [5, 5.41) is 2.67. The molecule has 0 aliphatic rings. The number of hydrogen-bond acceptors (Lipinski definition) is 3. The Morgan fingerprint density at radius 1 is 0.957 bits per heavy atom. The third-order valence-electron chi connectivity index (χ3n) is 3.88. The molecule has 0 amide bonds. The van der Waals surface area contributed by atoms with Gasteiger partial charge < -0.3 is 4.90 Å². The molecule has 120 valence electrons. The van der Waals surface area contributed by atoms with E-state index in [-0.39, 0.29) is 0 Å². The van der Waals surface area contributed by atoms with Crippen LogP contribution in [0.5, 0.6) is 0 Å². The van der Waals surface area contributed by atoms with Crippen molar-refractivity contribution in [1.29, 1.82) is 0 Å². The summed E-state index contributed by atoms with van der Waals surface area (Å²) >= 11 is 9.25. The molecule has 2 aromatic carbocycles. The largest absolute Gasteiger partial charge is 0.352 e. The Kier molecular flexibility index (Phi) is 4.95. The summed E-state index contributed by atoms with van der Waals surface area (Å²) in [6.07, 6.45) is 0. The Labute approximate surface area is 151 Å². The van der Waals surface area contributed by atoms with E-state index in [1.165, 1.54) is 25.1 Å². The van der Waals surface area contributed by atoms with Crippen LogP contribution in [0.2, 0.25) is 0 Å². The zero-order chi connectivity index (χ0) is 16.6. The zero-order valence-corrected chi connectivity index (χ0v) is 16.3. The lowest BCUT2D eigenvalue weighted by molar-refractivity contribution is 0.303. The average Bonchev–Trinajstić information content (AvgIpc) is 2.84. The topological polar surface area (TPSA) is 3.24 Å². The Bertz CT molecular complexity index is 840.